The normalized spacial score (nSPS) is 15.7. The Balaban J connectivity index is 1.50. The summed E-state index contributed by atoms with van der Waals surface area (Å²) >= 11 is 1.64. The lowest BCUT2D eigenvalue weighted by molar-refractivity contribution is 0.0781. The summed E-state index contributed by atoms with van der Waals surface area (Å²) < 4.78 is 5.73. The lowest BCUT2D eigenvalue weighted by Gasteiger charge is -2.24. The van der Waals surface area contributed by atoms with Crippen LogP contribution in [0.25, 0.3) is 0 Å². The van der Waals surface area contributed by atoms with Crippen molar-refractivity contribution in [3.05, 3.63) is 69.6 Å². The Labute approximate surface area is 169 Å². The predicted octanol–water partition coefficient (Wildman–Crippen LogP) is 4.52. The number of rotatable bonds is 6. The lowest BCUT2D eigenvalue weighted by atomic mass is 10.1. The molecule has 2 aromatic heterocycles. The van der Waals surface area contributed by atoms with Crippen LogP contribution in [0.3, 0.4) is 0 Å². The highest BCUT2D eigenvalue weighted by atomic mass is 32.1. The van der Waals surface area contributed by atoms with E-state index in [-0.39, 0.29) is 5.91 Å². The van der Waals surface area contributed by atoms with Crippen molar-refractivity contribution in [3.63, 3.8) is 0 Å². The van der Waals surface area contributed by atoms with Gasteiger partial charge in [0.05, 0.1) is 35.6 Å². The van der Waals surface area contributed by atoms with Crippen LogP contribution >= 0.6 is 11.3 Å². The molecule has 0 fully saturated rings. The molecule has 1 atom stereocenters. The van der Waals surface area contributed by atoms with Gasteiger partial charge in [-0.05, 0) is 37.5 Å². The Morgan fingerprint density at radius 3 is 2.96 bits per heavy atom. The number of aromatic nitrogens is 1. The van der Waals surface area contributed by atoms with E-state index in [2.05, 4.69) is 48.0 Å². The first-order valence-electron chi connectivity index (χ1n) is 9.66. The van der Waals surface area contributed by atoms with Crippen LogP contribution in [-0.4, -0.2) is 28.9 Å². The summed E-state index contributed by atoms with van der Waals surface area (Å²) in [7, 11) is 1.82. The van der Waals surface area contributed by atoms with Crippen LogP contribution in [0.2, 0.25) is 0 Å². The van der Waals surface area contributed by atoms with Crippen LogP contribution in [0.4, 0.5) is 5.69 Å². The van der Waals surface area contributed by atoms with Gasteiger partial charge in [0.1, 0.15) is 5.76 Å². The summed E-state index contributed by atoms with van der Waals surface area (Å²) in [5.41, 5.74) is 4.14. The molecule has 28 heavy (non-hydrogen) atoms. The van der Waals surface area contributed by atoms with Crippen molar-refractivity contribution in [3.8, 4) is 0 Å². The second kappa shape index (κ2) is 7.80. The average molecular weight is 396 g/mol. The molecule has 0 bridgehead atoms. The predicted molar refractivity (Wildman–Crippen MR) is 112 cm³/mol. The number of fused-ring (bicyclic) bond motifs is 1. The highest BCUT2D eigenvalue weighted by molar-refractivity contribution is 7.09. The van der Waals surface area contributed by atoms with E-state index in [1.54, 1.807) is 28.6 Å². The third kappa shape index (κ3) is 3.56. The lowest BCUT2D eigenvalue weighted by Crippen LogP contribution is -2.31. The SMILES string of the molecule is CCc1nc(CN(C)C(=O)c2ccoc2CN2c3ccccc3CC2C)cs1. The molecule has 0 N–H and O–H groups in total. The first-order chi connectivity index (χ1) is 13.6. The molecule has 0 aliphatic carbocycles. The van der Waals surface area contributed by atoms with Gasteiger partial charge in [0.2, 0.25) is 0 Å². The molecule has 0 radical (unpaired) electrons. The van der Waals surface area contributed by atoms with Gasteiger partial charge in [0, 0.05) is 24.2 Å². The second-order valence-electron chi connectivity index (χ2n) is 7.31. The number of carbonyl (C=O) groups excluding carboxylic acids is 1. The topological polar surface area (TPSA) is 49.6 Å². The van der Waals surface area contributed by atoms with Crippen molar-refractivity contribution >= 4 is 22.9 Å². The number of carbonyl (C=O) groups is 1. The third-order valence-electron chi connectivity index (χ3n) is 5.29. The standard InChI is InChI=1S/C22H25N3O2S/c1-4-21-23-17(14-28-21)12-24(3)22(26)18-9-10-27-20(18)13-25-15(2)11-16-7-5-6-8-19(16)25/h5-10,14-15H,4,11-13H2,1-3H3. The van der Waals surface area contributed by atoms with Crippen LogP contribution in [0, 0.1) is 0 Å². The van der Waals surface area contributed by atoms with E-state index in [0.29, 0.717) is 30.5 Å². The van der Waals surface area contributed by atoms with E-state index in [1.165, 1.54) is 11.3 Å². The van der Waals surface area contributed by atoms with Crippen molar-refractivity contribution < 1.29 is 9.21 Å². The summed E-state index contributed by atoms with van der Waals surface area (Å²) in [4.78, 5) is 21.6. The van der Waals surface area contributed by atoms with Crippen LogP contribution < -0.4 is 4.90 Å². The number of thiazole rings is 1. The van der Waals surface area contributed by atoms with Gasteiger partial charge in [-0.3, -0.25) is 4.79 Å². The monoisotopic (exact) mass is 395 g/mol. The van der Waals surface area contributed by atoms with E-state index in [9.17, 15) is 4.79 Å². The summed E-state index contributed by atoms with van der Waals surface area (Å²) in [6, 6.07) is 10.6. The van der Waals surface area contributed by atoms with E-state index in [0.717, 1.165) is 23.5 Å². The van der Waals surface area contributed by atoms with Crippen molar-refractivity contribution in [1.82, 2.24) is 9.88 Å². The fourth-order valence-electron chi connectivity index (χ4n) is 3.78. The zero-order chi connectivity index (χ0) is 19.7. The molecule has 6 heteroatoms. The number of hydrogen-bond donors (Lipinski definition) is 0. The van der Waals surface area contributed by atoms with Gasteiger partial charge in [-0.15, -0.1) is 11.3 Å². The molecule has 0 saturated heterocycles. The van der Waals surface area contributed by atoms with E-state index in [1.807, 2.05) is 12.4 Å². The van der Waals surface area contributed by atoms with Gasteiger partial charge in [0.15, 0.2) is 0 Å². The van der Waals surface area contributed by atoms with Crippen molar-refractivity contribution in [2.45, 2.75) is 45.8 Å². The number of amides is 1. The number of para-hydroxylation sites is 1. The van der Waals surface area contributed by atoms with Crippen LogP contribution in [-0.2, 0) is 25.9 Å². The summed E-state index contributed by atoms with van der Waals surface area (Å²) in [6.45, 7) is 5.40. The highest BCUT2D eigenvalue weighted by Gasteiger charge is 2.28. The first kappa shape index (κ1) is 18.7. The quantitative estimate of drug-likeness (QED) is 0.616. The van der Waals surface area contributed by atoms with Crippen molar-refractivity contribution in [2.75, 3.05) is 11.9 Å². The van der Waals surface area contributed by atoms with Gasteiger partial charge in [0.25, 0.3) is 5.91 Å². The van der Waals surface area contributed by atoms with Crippen LogP contribution in [0.5, 0.6) is 0 Å². The van der Waals surface area contributed by atoms with Crippen molar-refractivity contribution in [1.29, 1.82) is 0 Å². The zero-order valence-corrected chi connectivity index (χ0v) is 17.3. The van der Waals surface area contributed by atoms with Crippen LogP contribution in [0.15, 0.2) is 46.4 Å². The fourth-order valence-corrected chi connectivity index (χ4v) is 4.52. The molecular weight excluding hydrogens is 370 g/mol. The number of nitrogens with zero attached hydrogens (tertiary/aromatic N) is 3. The zero-order valence-electron chi connectivity index (χ0n) is 16.5. The summed E-state index contributed by atoms with van der Waals surface area (Å²) in [5.74, 6) is 0.683. The molecule has 1 amide bonds. The van der Waals surface area contributed by atoms with Crippen molar-refractivity contribution in [2.24, 2.45) is 0 Å². The van der Waals surface area contributed by atoms with E-state index < -0.39 is 0 Å². The average Bonchev–Trinajstić information content (AvgIpc) is 3.41. The number of anilines is 1. The molecule has 1 unspecified atom stereocenters. The maximum atomic E-state index is 13.0. The maximum absolute atomic E-state index is 13.0. The first-order valence-corrected chi connectivity index (χ1v) is 10.5. The largest absolute Gasteiger partial charge is 0.467 e. The van der Waals surface area contributed by atoms with Gasteiger partial charge in [-0.1, -0.05) is 25.1 Å². The van der Waals surface area contributed by atoms with Gasteiger partial charge in [-0.25, -0.2) is 4.98 Å². The Hall–Kier alpha value is -2.60. The van der Waals surface area contributed by atoms with E-state index >= 15 is 0 Å². The summed E-state index contributed by atoms with van der Waals surface area (Å²) in [5, 5.41) is 3.13. The molecule has 3 aromatic rings. The molecule has 3 heterocycles. The Bertz CT molecular complexity index is 978. The fraction of sp³-hybridized carbons (Fsp3) is 0.364. The molecule has 1 aliphatic rings. The van der Waals surface area contributed by atoms with Gasteiger partial charge >= 0.3 is 0 Å². The maximum Gasteiger partial charge on any atom is 0.257 e. The number of benzene rings is 1. The minimum atomic E-state index is -0.0325. The molecule has 0 saturated carbocycles. The molecule has 5 nitrogen and oxygen atoms in total. The Morgan fingerprint density at radius 1 is 1.36 bits per heavy atom. The summed E-state index contributed by atoms with van der Waals surface area (Å²) in [6.07, 6.45) is 3.55. The Morgan fingerprint density at radius 2 is 2.18 bits per heavy atom. The van der Waals surface area contributed by atoms with Gasteiger partial charge in [-0.2, -0.15) is 0 Å². The Kier molecular flexibility index (Phi) is 5.22. The molecule has 4 rings (SSSR count). The molecule has 146 valence electrons. The third-order valence-corrected chi connectivity index (χ3v) is 6.33. The van der Waals surface area contributed by atoms with Gasteiger partial charge < -0.3 is 14.2 Å². The number of hydrogen-bond acceptors (Lipinski definition) is 5. The van der Waals surface area contributed by atoms with Crippen LogP contribution in [0.1, 0.15) is 46.2 Å². The molecule has 1 aromatic carbocycles. The molecular formula is C22H25N3O2S. The highest BCUT2D eigenvalue weighted by Crippen LogP contribution is 2.33. The smallest absolute Gasteiger partial charge is 0.257 e. The molecule has 0 spiro atoms. The minimum absolute atomic E-state index is 0.0325. The number of aryl methyl sites for hydroxylation is 1. The van der Waals surface area contributed by atoms with E-state index in [4.69, 9.17) is 4.42 Å². The molecule has 1 aliphatic heterocycles. The number of furan rings is 1. The minimum Gasteiger partial charge on any atom is -0.467 e. The second-order valence-corrected chi connectivity index (χ2v) is 8.26.